The Kier molecular flexibility index (Phi) is 3.45. The largest absolute Gasteiger partial charge is 0.314 e. The van der Waals surface area contributed by atoms with E-state index in [0.717, 1.165) is 18.0 Å². The van der Waals surface area contributed by atoms with Crippen LogP contribution in [-0.2, 0) is 0 Å². The minimum absolute atomic E-state index is 0.658. The molecule has 0 spiro atoms. The van der Waals surface area contributed by atoms with Gasteiger partial charge in [0.25, 0.3) is 0 Å². The quantitative estimate of drug-likeness (QED) is 0.784. The zero-order valence-corrected chi connectivity index (χ0v) is 11.3. The summed E-state index contributed by atoms with van der Waals surface area (Å²) in [5.41, 5.74) is 0.658. The Hall–Kier alpha value is -0.0800. The van der Waals surface area contributed by atoms with Gasteiger partial charge in [0.2, 0.25) is 0 Å². The zero-order chi connectivity index (χ0) is 11.7. The average Bonchev–Trinajstić information content (AvgIpc) is 2.88. The lowest BCUT2D eigenvalue weighted by atomic mass is 9.79. The number of hydrogen-bond donors (Lipinski definition) is 2. The smallest absolute Gasteiger partial charge is 0.0111 e. The molecule has 2 aliphatic carbocycles. The summed E-state index contributed by atoms with van der Waals surface area (Å²) in [5, 5.41) is 7.64. The first kappa shape index (κ1) is 12.0. The fourth-order valence-corrected chi connectivity index (χ4v) is 3.74. The number of rotatable bonds is 4. The van der Waals surface area contributed by atoms with Crippen LogP contribution in [0.15, 0.2) is 0 Å². The third-order valence-corrected chi connectivity index (χ3v) is 5.33. The van der Waals surface area contributed by atoms with Crippen molar-refractivity contribution in [3.8, 4) is 0 Å². The summed E-state index contributed by atoms with van der Waals surface area (Å²) in [4.78, 5) is 0. The highest BCUT2D eigenvalue weighted by Gasteiger charge is 2.39. The normalized spacial score (nSPS) is 40.4. The molecule has 3 atom stereocenters. The van der Waals surface area contributed by atoms with Crippen LogP contribution < -0.4 is 10.6 Å². The van der Waals surface area contributed by atoms with Crippen LogP contribution in [0, 0.1) is 11.3 Å². The Labute approximate surface area is 106 Å². The van der Waals surface area contributed by atoms with Crippen molar-refractivity contribution in [2.45, 2.75) is 70.4 Å². The third kappa shape index (κ3) is 2.85. The number of nitrogens with one attached hydrogen (secondary N) is 2. The van der Waals surface area contributed by atoms with Gasteiger partial charge in [0.1, 0.15) is 0 Å². The molecule has 17 heavy (non-hydrogen) atoms. The van der Waals surface area contributed by atoms with E-state index >= 15 is 0 Å². The molecule has 0 aromatic rings. The van der Waals surface area contributed by atoms with Gasteiger partial charge in [-0.3, -0.25) is 0 Å². The molecule has 2 nitrogen and oxygen atoms in total. The lowest BCUT2D eigenvalue weighted by Crippen LogP contribution is -2.48. The molecule has 1 heterocycles. The molecule has 3 rings (SSSR count). The van der Waals surface area contributed by atoms with E-state index in [4.69, 9.17) is 0 Å². The van der Waals surface area contributed by atoms with Gasteiger partial charge in [-0.25, -0.2) is 0 Å². The lowest BCUT2D eigenvalue weighted by molar-refractivity contribution is 0.207. The minimum Gasteiger partial charge on any atom is -0.314 e. The van der Waals surface area contributed by atoms with Crippen LogP contribution >= 0.6 is 0 Å². The zero-order valence-electron chi connectivity index (χ0n) is 11.3. The topological polar surface area (TPSA) is 24.1 Å². The molecule has 3 aliphatic rings. The molecule has 0 amide bonds. The van der Waals surface area contributed by atoms with Crippen LogP contribution in [0.2, 0.25) is 0 Å². The Morgan fingerprint density at radius 2 is 1.94 bits per heavy atom. The van der Waals surface area contributed by atoms with Gasteiger partial charge < -0.3 is 10.6 Å². The highest BCUT2D eigenvalue weighted by atomic mass is 15.0. The van der Waals surface area contributed by atoms with E-state index in [1.54, 1.807) is 0 Å². The first-order valence-corrected chi connectivity index (χ1v) is 7.74. The van der Waals surface area contributed by atoms with Gasteiger partial charge >= 0.3 is 0 Å². The molecule has 3 unspecified atom stereocenters. The highest BCUT2D eigenvalue weighted by Crippen LogP contribution is 2.44. The van der Waals surface area contributed by atoms with E-state index in [1.165, 1.54) is 64.5 Å². The molecule has 1 saturated heterocycles. The van der Waals surface area contributed by atoms with Crippen LogP contribution in [0.4, 0.5) is 0 Å². The van der Waals surface area contributed by atoms with Gasteiger partial charge in [-0.1, -0.05) is 19.8 Å². The molecule has 1 aliphatic heterocycles. The Bertz CT molecular complexity index is 254. The van der Waals surface area contributed by atoms with Crippen LogP contribution in [-0.4, -0.2) is 25.2 Å². The molecule has 98 valence electrons. The second-order valence-corrected chi connectivity index (χ2v) is 6.95. The molecule has 2 saturated carbocycles. The van der Waals surface area contributed by atoms with Crippen LogP contribution in [0.25, 0.3) is 0 Å². The van der Waals surface area contributed by atoms with Gasteiger partial charge in [-0.05, 0) is 56.4 Å². The Balaban J connectivity index is 1.54. The summed E-state index contributed by atoms with van der Waals surface area (Å²) in [6.45, 7) is 4.96. The van der Waals surface area contributed by atoms with Crippen LogP contribution in [0.5, 0.6) is 0 Å². The molecule has 3 fully saturated rings. The molecular weight excluding hydrogens is 208 g/mol. The van der Waals surface area contributed by atoms with E-state index in [0.29, 0.717) is 5.41 Å². The molecular formula is C15H28N2. The Morgan fingerprint density at radius 3 is 2.65 bits per heavy atom. The van der Waals surface area contributed by atoms with Crippen LogP contribution in [0.1, 0.15) is 58.3 Å². The summed E-state index contributed by atoms with van der Waals surface area (Å²) in [5.74, 6) is 0.911. The van der Waals surface area contributed by atoms with Crippen molar-refractivity contribution < 1.29 is 0 Å². The molecule has 0 bridgehead atoms. The first-order valence-electron chi connectivity index (χ1n) is 7.74. The molecule has 0 radical (unpaired) electrons. The standard InChI is InChI=1S/C15H28N2/c1-15(8-9-15)11-17-14-6-3-2-5-12(14)13-7-4-10-16-13/h12-14,16-17H,2-11H2,1H3. The van der Waals surface area contributed by atoms with Crippen molar-refractivity contribution in [2.75, 3.05) is 13.1 Å². The first-order chi connectivity index (χ1) is 8.27. The monoisotopic (exact) mass is 236 g/mol. The second kappa shape index (κ2) is 4.89. The van der Waals surface area contributed by atoms with Crippen molar-refractivity contribution in [1.29, 1.82) is 0 Å². The van der Waals surface area contributed by atoms with Crippen LogP contribution in [0.3, 0.4) is 0 Å². The van der Waals surface area contributed by atoms with Crippen molar-refractivity contribution in [2.24, 2.45) is 11.3 Å². The molecule has 2 heteroatoms. The highest BCUT2D eigenvalue weighted by molar-refractivity contribution is 4.95. The summed E-state index contributed by atoms with van der Waals surface area (Å²) in [6, 6.07) is 1.62. The van der Waals surface area contributed by atoms with Gasteiger partial charge in [-0.15, -0.1) is 0 Å². The van der Waals surface area contributed by atoms with E-state index in [-0.39, 0.29) is 0 Å². The SMILES string of the molecule is CC1(CNC2CCCCC2C2CCCN2)CC1. The number of hydrogen-bond acceptors (Lipinski definition) is 2. The van der Waals surface area contributed by atoms with Crippen molar-refractivity contribution in [1.82, 2.24) is 10.6 Å². The summed E-state index contributed by atoms with van der Waals surface area (Å²) in [7, 11) is 0. The maximum Gasteiger partial charge on any atom is 0.0111 e. The van der Waals surface area contributed by atoms with Crippen molar-refractivity contribution in [3.63, 3.8) is 0 Å². The van der Waals surface area contributed by atoms with Crippen molar-refractivity contribution in [3.05, 3.63) is 0 Å². The van der Waals surface area contributed by atoms with Crippen molar-refractivity contribution >= 4 is 0 Å². The predicted molar refractivity (Wildman–Crippen MR) is 72.1 cm³/mol. The van der Waals surface area contributed by atoms with E-state index in [1.807, 2.05) is 0 Å². The fraction of sp³-hybridized carbons (Fsp3) is 1.00. The fourth-order valence-electron chi connectivity index (χ4n) is 3.74. The van der Waals surface area contributed by atoms with Gasteiger partial charge in [0.15, 0.2) is 0 Å². The van der Waals surface area contributed by atoms with E-state index < -0.39 is 0 Å². The Morgan fingerprint density at radius 1 is 1.12 bits per heavy atom. The van der Waals surface area contributed by atoms with Gasteiger partial charge in [0.05, 0.1) is 0 Å². The maximum absolute atomic E-state index is 3.91. The molecule has 0 aromatic carbocycles. The minimum atomic E-state index is 0.658. The third-order valence-electron chi connectivity index (χ3n) is 5.33. The van der Waals surface area contributed by atoms with Gasteiger partial charge in [-0.2, -0.15) is 0 Å². The second-order valence-electron chi connectivity index (χ2n) is 6.95. The summed E-state index contributed by atoms with van der Waals surface area (Å²) >= 11 is 0. The summed E-state index contributed by atoms with van der Waals surface area (Å²) < 4.78 is 0. The van der Waals surface area contributed by atoms with E-state index in [9.17, 15) is 0 Å². The molecule has 0 aromatic heterocycles. The van der Waals surface area contributed by atoms with E-state index in [2.05, 4.69) is 17.6 Å². The predicted octanol–water partition coefficient (Wildman–Crippen LogP) is 2.69. The lowest BCUT2D eigenvalue weighted by Gasteiger charge is -2.37. The summed E-state index contributed by atoms with van der Waals surface area (Å²) in [6.07, 6.45) is 11.5. The molecule has 2 N–H and O–H groups in total. The van der Waals surface area contributed by atoms with Gasteiger partial charge in [0, 0.05) is 18.6 Å². The maximum atomic E-state index is 3.91. The average molecular weight is 236 g/mol.